The lowest BCUT2D eigenvalue weighted by Crippen LogP contribution is -2.21. The molecule has 2 aromatic rings. The van der Waals surface area contributed by atoms with E-state index in [1.165, 1.54) is 0 Å². The highest BCUT2D eigenvalue weighted by Crippen LogP contribution is 2.28. The summed E-state index contributed by atoms with van der Waals surface area (Å²) in [5.41, 5.74) is 0.652. The fraction of sp³-hybridized carbons (Fsp3) is 0.167. The normalized spacial score (nSPS) is 15.0. The molecule has 14 heavy (non-hydrogen) atoms. The first kappa shape index (κ1) is 9.03. The van der Waals surface area contributed by atoms with Crippen LogP contribution in [0.4, 0.5) is 0 Å². The average molecular weight is 188 g/mol. The van der Waals surface area contributed by atoms with E-state index < -0.39 is 5.60 Å². The highest BCUT2D eigenvalue weighted by atomic mass is 16.3. The monoisotopic (exact) mass is 188 g/mol. The van der Waals surface area contributed by atoms with Gasteiger partial charge in [-0.05, 0) is 18.6 Å². The van der Waals surface area contributed by atoms with E-state index in [1.807, 2.05) is 30.3 Å². The Hall–Kier alpha value is -1.54. The SMILES string of the molecule is C[C@@](O)(c1ccccc1)c1ccoc1. The van der Waals surface area contributed by atoms with E-state index in [0.29, 0.717) is 0 Å². The summed E-state index contributed by atoms with van der Waals surface area (Å²) in [5, 5.41) is 10.3. The molecule has 0 aliphatic rings. The van der Waals surface area contributed by atoms with Crippen molar-refractivity contribution in [2.24, 2.45) is 0 Å². The highest BCUT2D eigenvalue weighted by molar-refractivity contribution is 5.32. The minimum atomic E-state index is -0.978. The number of hydrogen-bond donors (Lipinski definition) is 1. The maximum Gasteiger partial charge on any atom is 0.115 e. The minimum absolute atomic E-state index is 0.767. The van der Waals surface area contributed by atoms with E-state index in [4.69, 9.17) is 4.42 Å². The predicted octanol–water partition coefficient (Wildman–Crippen LogP) is 2.54. The largest absolute Gasteiger partial charge is 0.472 e. The maximum atomic E-state index is 10.3. The first-order valence-corrected chi connectivity index (χ1v) is 4.52. The van der Waals surface area contributed by atoms with Gasteiger partial charge >= 0.3 is 0 Å². The lowest BCUT2D eigenvalue weighted by atomic mass is 9.90. The van der Waals surface area contributed by atoms with Crippen molar-refractivity contribution in [3.8, 4) is 0 Å². The second kappa shape index (κ2) is 3.31. The van der Waals surface area contributed by atoms with Crippen molar-refractivity contribution >= 4 is 0 Å². The molecule has 2 rings (SSSR count). The van der Waals surface area contributed by atoms with Gasteiger partial charge in [0.25, 0.3) is 0 Å². The van der Waals surface area contributed by atoms with E-state index in [2.05, 4.69) is 0 Å². The molecule has 1 aromatic heterocycles. The lowest BCUT2D eigenvalue weighted by Gasteiger charge is -2.22. The van der Waals surface area contributed by atoms with Crippen LogP contribution in [0.25, 0.3) is 0 Å². The van der Waals surface area contributed by atoms with Crippen molar-refractivity contribution in [3.63, 3.8) is 0 Å². The van der Waals surface area contributed by atoms with Gasteiger partial charge in [0.2, 0.25) is 0 Å². The molecule has 0 aliphatic heterocycles. The first-order valence-electron chi connectivity index (χ1n) is 4.52. The Morgan fingerprint density at radius 3 is 2.36 bits per heavy atom. The van der Waals surface area contributed by atoms with E-state index in [9.17, 15) is 5.11 Å². The van der Waals surface area contributed by atoms with E-state index in [0.717, 1.165) is 11.1 Å². The van der Waals surface area contributed by atoms with Crippen LogP contribution in [0.3, 0.4) is 0 Å². The second-order valence-corrected chi connectivity index (χ2v) is 3.45. The van der Waals surface area contributed by atoms with Crippen molar-refractivity contribution in [2.45, 2.75) is 12.5 Å². The Labute approximate surface area is 82.8 Å². The molecular formula is C12H12O2. The number of rotatable bonds is 2. The van der Waals surface area contributed by atoms with Crippen LogP contribution in [0.1, 0.15) is 18.1 Å². The van der Waals surface area contributed by atoms with Crippen LogP contribution in [0.5, 0.6) is 0 Å². The fourth-order valence-electron chi connectivity index (χ4n) is 1.47. The van der Waals surface area contributed by atoms with Crippen LogP contribution in [-0.2, 0) is 5.60 Å². The van der Waals surface area contributed by atoms with E-state index in [1.54, 1.807) is 25.5 Å². The van der Waals surface area contributed by atoms with Gasteiger partial charge in [-0.1, -0.05) is 30.3 Å². The van der Waals surface area contributed by atoms with Crippen LogP contribution in [-0.4, -0.2) is 5.11 Å². The Balaban J connectivity index is 2.43. The molecule has 1 N–H and O–H groups in total. The van der Waals surface area contributed by atoms with Crippen molar-refractivity contribution in [1.82, 2.24) is 0 Å². The molecule has 0 aliphatic carbocycles. The molecule has 0 spiro atoms. The zero-order valence-electron chi connectivity index (χ0n) is 7.97. The molecule has 0 unspecified atom stereocenters. The summed E-state index contributed by atoms with van der Waals surface area (Å²) in [5.74, 6) is 0. The third kappa shape index (κ3) is 1.44. The summed E-state index contributed by atoms with van der Waals surface area (Å²) in [4.78, 5) is 0. The van der Waals surface area contributed by atoms with E-state index in [-0.39, 0.29) is 0 Å². The van der Waals surface area contributed by atoms with Gasteiger partial charge in [-0.3, -0.25) is 0 Å². The number of furan rings is 1. The Morgan fingerprint density at radius 2 is 1.79 bits per heavy atom. The molecular weight excluding hydrogens is 176 g/mol. The Morgan fingerprint density at radius 1 is 1.07 bits per heavy atom. The fourth-order valence-corrected chi connectivity index (χ4v) is 1.47. The second-order valence-electron chi connectivity index (χ2n) is 3.45. The lowest BCUT2D eigenvalue weighted by molar-refractivity contribution is 0.101. The van der Waals surface area contributed by atoms with Gasteiger partial charge in [0.05, 0.1) is 12.5 Å². The van der Waals surface area contributed by atoms with Gasteiger partial charge in [0, 0.05) is 5.56 Å². The van der Waals surface area contributed by atoms with Gasteiger partial charge in [-0.25, -0.2) is 0 Å². The Kier molecular flexibility index (Phi) is 2.14. The molecule has 0 amide bonds. The number of benzene rings is 1. The third-order valence-electron chi connectivity index (χ3n) is 2.42. The molecule has 2 heteroatoms. The molecule has 1 heterocycles. The zero-order valence-corrected chi connectivity index (χ0v) is 7.97. The smallest absolute Gasteiger partial charge is 0.115 e. The van der Waals surface area contributed by atoms with Gasteiger partial charge in [0.1, 0.15) is 5.60 Å². The standard InChI is InChI=1S/C12H12O2/c1-12(13,11-7-8-14-9-11)10-5-3-2-4-6-10/h2-9,13H,1H3/t12-/m1/s1. The van der Waals surface area contributed by atoms with Crippen LogP contribution in [0.2, 0.25) is 0 Å². The highest BCUT2D eigenvalue weighted by Gasteiger charge is 2.25. The molecule has 0 saturated heterocycles. The van der Waals surface area contributed by atoms with Gasteiger partial charge in [-0.2, -0.15) is 0 Å². The zero-order chi connectivity index (χ0) is 10.0. The van der Waals surface area contributed by atoms with Crippen molar-refractivity contribution in [2.75, 3.05) is 0 Å². The summed E-state index contributed by atoms with van der Waals surface area (Å²) in [6, 6.07) is 11.3. The van der Waals surface area contributed by atoms with Crippen LogP contribution in [0.15, 0.2) is 53.3 Å². The molecule has 0 fully saturated rings. The quantitative estimate of drug-likeness (QED) is 0.785. The molecule has 0 bridgehead atoms. The average Bonchev–Trinajstić information content (AvgIpc) is 2.72. The molecule has 2 nitrogen and oxygen atoms in total. The third-order valence-corrected chi connectivity index (χ3v) is 2.42. The molecule has 0 radical (unpaired) electrons. The molecule has 72 valence electrons. The van der Waals surface area contributed by atoms with Crippen molar-refractivity contribution < 1.29 is 9.52 Å². The van der Waals surface area contributed by atoms with Crippen molar-refractivity contribution in [3.05, 3.63) is 60.1 Å². The molecule has 0 saturated carbocycles. The van der Waals surface area contributed by atoms with Gasteiger partial charge < -0.3 is 9.52 Å². The number of aliphatic hydroxyl groups is 1. The predicted molar refractivity (Wildman–Crippen MR) is 53.8 cm³/mol. The maximum absolute atomic E-state index is 10.3. The van der Waals surface area contributed by atoms with Crippen LogP contribution >= 0.6 is 0 Å². The minimum Gasteiger partial charge on any atom is -0.472 e. The summed E-state index contributed by atoms with van der Waals surface area (Å²) in [6.07, 6.45) is 3.12. The van der Waals surface area contributed by atoms with Gasteiger partial charge in [0.15, 0.2) is 0 Å². The summed E-state index contributed by atoms with van der Waals surface area (Å²) < 4.78 is 4.96. The summed E-state index contributed by atoms with van der Waals surface area (Å²) in [7, 11) is 0. The Bertz CT molecular complexity index is 388. The molecule has 1 aromatic carbocycles. The summed E-state index contributed by atoms with van der Waals surface area (Å²) >= 11 is 0. The van der Waals surface area contributed by atoms with Crippen LogP contribution < -0.4 is 0 Å². The van der Waals surface area contributed by atoms with E-state index >= 15 is 0 Å². The molecule has 1 atom stereocenters. The topological polar surface area (TPSA) is 33.4 Å². The van der Waals surface area contributed by atoms with Gasteiger partial charge in [-0.15, -0.1) is 0 Å². The first-order chi connectivity index (χ1) is 6.71. The van der Waals surface area contributed by atoms with Crippen molar-refractivity contribution in [1.29, 1.82) is 0 Å². The summed E-state index contributed by atoms with van der Waals surface area (Å²) in [6.45, 7) is 1.76. The number of hydrogen-bond acceptors (Lipinski definition) is 2. The van der Waals surface area contributed by atoms with Crippen LogP contribution in [0, 0.1) is 0 Å².